The molecule has 2 heteroatoms. The average molecular weight is 170 g/mol. The van der Waals surface area contributed by atoms with Gasteiger partial charge in [-0.1, -0.05) is 11.6 Å². The third-order valence-corrected chi connectivity index (χ3v) is 1.80. The Morgan fingerprint density at radius 1 is 1.42 bits per heavy atom. The van der Waals surface area contributed by atoms with Gasteiger partial charge in [0.2, 0.25) is 0 Å². The molecule has 0 saturated heterocycles. The highest BCUT2D eigenvalue weighted by Gasteiger charge is 1.96. The average Bonchev–Trinajstić information content (AvgIpc) is 2.00. The number of nitrogens with one attached hydrogen (secondary N) is 2. The Hall–Kier alpha value is -0.340. The molecule has 0 aromatic heterocycles. The van der Waals surface area contributed by atoms with Crippen LogP contribution in [-0.2, 0) is 0 Å². The molecule has 0 amide bonds. The fourth-order valence-corrected chi connectivity index (χ4v) is 0.927. The topological polar surface area (TPSA) is 24.1 Å². The molecule has 72 valence electrons. The van der Waals surface area contributed by atoms with E-state index < -0.39 is 0 Å². The molecule has 0 spiro atoms. The highest BCUT2D eigenvalue weighted by atomic mass is 14.9. The van der Waals surface area contributed by atoms with E-state index in [2.05, 4.69) is 37.5 Å². The van der Waals surface area contributed by atoms with Crippen LogP contribution in [0.25, 0.3) is 0 Å². The van der Waals surface area contributed by atoms with Gasteiger partial charge in [-0.05, 0) is 40.8 Å². The number of hydrogen-bond acceptors (Lipinski definition) is 2. The first-order chi connectivity index (χ1) is 5.66. The number of allylic oxidation sites excluding steroid dienone is 1. The van der Waals surface area contributed by atoms with Crippen molar-refractivity contribution in [1.82, 2.24) is 10.6 Å². The van der Waals surface area contributed by atoms with Gasteiger partial charge in [-0.2, -0.15) is 0 Å². The van der Waals surface area contributed by atoms with E-state index in [-0.39, 0.29) is 0 Å². The Morgan fingerprint density at radius 3 is 2.58 bits per heavy atom. The summed E-state index contributed by atoms with van der Waals surface area (Å²) in [4.78, 5) is 0. The summed E-state index contributed by atoms with van der Waals surface area (Å²) in [5, 5.41) is 6.57. The van der Waals surface area contributed by atoms with Crippen molar-refractivity contribution in [3.63, 3.8) is 0 Å². The van der Waals surface area contributed by atoms with Crippen LogP contribution in [0.1, 0.15) is 27.2 Å². The van der Waals surface area contributed by atoms with Crippen LogP contribution in [-0.4, -0.2) is 26.2 Å². The SMILES string of the molecule is CNCCC(C)NCC=C(C)C. The van der Waals surface area contributed by atoms with E-state index >= 15 is 0 Å². The van der Waals surface area contributed by atoms with Crippen LogP contribution in [0.3, 0.4) is 0 Å². The Balaban J connectivity index is 3.31. The van der Waals surface area contributed by atoms with Crippen LogP contribution >= 0.6 is 0 Å². The summed E-state index contributed by atoms with van der Waals surface area (Å²) in [5.74, 6) is 0. The highest BCUT2D eigenvalue weighted by Crippen LogP contribution is 1.90. The zero-order valence-corrected chi connectivity index (χ0v) is 8.78. The number of rotatable bonds is 6. The lowest BCUT2D eigenvalue weighted by Crippen LogP contribution is -2.29. The quantitative estimate of drug-likeness (QED) is 0.591. The first kappa shape index (κ1) is 11.7. The normalized spacial score (nSPS) is 12.7. The summed E-state index contributed by atoms with van der Waals surface area (Å²) >= 11 is 0. The second-order valence-corrected chi connectivity index (χ2v) is 3.48. The van der Waals surface area contributed by atoms with E-state index in [9.17, 15) is 0 Å². The molecule has 0 saturated carbocycles. The van der Waals surface area contributed by atoms with E-state index in [0.717, 1.165) is 13.1 Å². The van der Waals surface area contributed by atoms with Gasteiger partial charge in [0.25, 0.3) is 0 Å². The Bertz CT molecular complexity index is 126. The molecule has 0 aliphatic rings. The van der Waals surface area contributed by atoms with Crippen molar-refractivity contribution in [1.29, 1.82) is 0 Å². The van der Waals surface area contributed by atoms with Crippen LogP contribution in [0.5, 0.6) is 0 Å². The molecule has 0 radical (unpaired) electrons. The summed E-state index contributed by atoms with van der Waals surface area (Å²) in [6.45, 7) is 8.55. The standard InChI is InChI=1S/C10H22N2/c1-9(2)5-8-12-10(3)6-7-11-4/h5,10-12H,6-8H2,1-4H3. The van der Waals surface area contributed by atoms with Gasteiger partial charge in [0, 0.05) is 12.6 Å². The molecular formula is C10H22N2. The van der Waals surface area contributed by atoms with Crippen molar-refractivity contribution in [3.8, 4) is 0 Å². The maximum atomic E-state index is 3.43. The minimum atomic E-state index is 0.605. The van der Waals surface area contributed by atoms with Crippen molar-refractivity contribution in [2.75, 3.05) is 20.1 Å². The molecule has 0 fully saturated rings. The number of hydrogen-bond donors (Lipinski definition) is 2. The second-order valence-electron chi connectivity index (χ2n) is 3.48. The summed E-state index contributed by atoms with van der Waals surface area (Å²) < 4.78 is 0. The van der Waals surface area contributed by atoms with Gasteiger partial charge in [0.1, 0.15) is 0 Å². The molecule has 0 rings (SSSR count). The Morgan fingerprint density at radius 2 is 2.08 bits per heavy atom. The van der Waals surface area contributed by atoms with E-state index in [1.54, 1.807) is 0 Å². The summed E-state index contributed by atoms with van der Waals surface area (Å²) in [7, 11) is 1.99. The fourth-order valence-electron chi connectivity index (χ4n) is 0.927. The fraction of sp³-hybridized carbons (Fsp3) is 0.800. The maximum Gasteiger partial charge on any atom is 0.0139 e. The van der Waals surface area contributed by atoms with Crippen molar-refractivity contribution >= 4 is 0 Å². The first-order valence-corrected chi connectivity index (χ1v) is 4.68. The molecule has 0 aromatic rings. The van der Waals surface area contributed by atoms with Crippen LogP contribution in [0.4, 0.5) is 0 Å². The summed E-state index contributed by atoms with van der Waals surface area (Å²) in [6.07, 6.45) is 3.41. The zero-order chi connectivity index (χ0) is 9.40. The molecule has 0 aromatic carbocycles. The van der Waals surface area contributed by atoms with Gasteiger partial charge in [0.05, 0.1) is 0 Å². The van der Waals surface area contributed by atoms with E-state index in [0.29, 0.717) is 6.04 Å². The van der Waals surface area contributed by atoms with Gasteiger partial charge in [-0.3, -0.25) is 0 Å². The van der Waals surface area contributed by atoms with Gasteiger partial charge < -0.3 is 10.6 Å². The highest BCUT2D eigenvalue weighted by molar-refractivity contribution is 4.94. The monoisotopic (exact) mass is 170 g/mol. The molecule has 1 unspecified atom stereocenters. The second kappa shape index (κ2) is 7.32. The predicted octanol–water partition coefficient (Wildman–Crippen LogP) is 1.54. The van der Waals surface area contributed by atoms with Gasteiger partial charge in [0.15, 0.2) is 0 Å². The van der Waals surface area contributed by atoms with Gasteiger partial charge in [-0.25, -0.2) is 0 Å². The largest absolute Gasteiger partial charge is 0.320 e. The summed E-state index contributed by atoms with van der Waals surface area (Å²) in [6, 6.07) is 0.605. The lowest BCUT2D eigenvalue weighted by molar-refractivity contribution is 0.528. The molecular weight excluding hydrogens is 148 g/mol. The van der Waals surface area contributed by atoms with Crippen molar-refractivity contribution in [3.05, 3.63) is 11.6 Å². The van der Waals surface area contributed by atoms with Crippen LogP contribution in [0.2, 0.25) is 0 Å². The van der Waals surface area contributed by atoms with Gasteiger partial charge in [-0.15, -0.1) is 0 Å². The Kier molecular flexibility index (Phi) is 7.11. The van der Waals surface area contributed by atoms with E-state index in [1.165, 1.54) is 12.0 Å². The molecule has 1 atom stereocenters. The maximum absolute atomic E-state index is 3.43. The Labute approximate surface area is 76.4 Å². The minimum Gasteiger partial charge on any atom is -0.320 e. The van der Waals surface area contributed by atoms with E-state index in [4.69, 9.17) is 0 Å². The third kappa shape index (κ3) is 7.76. The van der Waals surface area contributed by atoms with Crippen molar-refractivity contribution < 1.29 is 0 Å². The molecule has 0 heterocycles. The van der Waals surface area contributed by atoms with Crippen LogP contribution < -0.4 is 10.6 Å². The first-order valence-electron chi connectivity index (χ1n) is 4.68. The van der Waals surface area contributed by atoms with Crippen LogP contribution in [0.15, 0.2) is 11.6 Å². The van der Waals surface area contributed by atoms with Gasteiger partial charge >= 0.3 is 0 Å². The smallest absolute Gasteiger partial charge is 0.0139 e. The third-order valence-electron chi connectivity index (χ3n) is 1.80. The molecule has 2 N–H and O–H groups in total. The molecule has 0 aliphatic heterocycles. The predicted molar refractivity (Wildman–Crippen MR) is 55.4 cm³/mol. The molecule has 0 bridgehead atoms. The minimum absolute atomic E-state index is 0.605. The van der Waals surface area contributed by atoms with E-state index in [1.807, 2.05) is 7.05 Å². The lowest BCUT2D eigenvalue weighted by atomic mass is 10.2. The molecule has 2 nitrogen and oxygen atoms in total. The summed E-state index contributed by atoms with van der Waals surface area (Å²) in [5.41, 5.74) is 1.38. The lowest BCUT2D eigenvalue weighted by Gasteiger charge is -2.11. The molecule has 12 heavy (non-hydrogen) atoms. The molecule has 0 aliphatic carbocycles. The van der Waals surface area contributed by atoms with Crippen LogP contribution in [0, 0.1) is 0 Å². The van der Waals surface area contributed by atoms with Crippen molar-refractivity contribution in [2.45, 2.75) is 33.2 Å². The zero-order valence-electron chi connectivity index (χ0n) is 8.78. The van der Waals surface area contributed by atoms with Crippen molar-refractivity contribution in [2.24, 2.45) is 0 Å².